The number of nitrogens with zero attached hydrogens (tertiary/aromatic N) is 3. The molecule has 238 valence electrons. The summed E-state index contributed by atoms with van der Waals surface area (Å²) < 4.78 is 110. The minimum absolute atomic E-state index is 0.160. The molecule has 2 aromatic carbocycles. The number of hydrogen-bond acceptors (Lipinski definition) is 5. The van der Waals surface area contributed by atoms with Crippen molar-refractivity contribution >= 4 is 17.5 Å². The third-order valence-corrected chi connectivity index (χ3v) is 7.93. The zero-order valence-corrected chi connectivity index (χ0v) is 23.7. The number of hydrazine groups is 1. The van der Waals surface area contributed by atoms with Gasteiger partial charge in [0, 0.05) is 48.4 Å². The molecule has 7 nitrogen and oxygen atoms in total. The number of amides is 2. The molecule has 1 atom stereocenters. The van der Waals surface area contributed by atoms with Crippen molar-refractivity contribution in [3.63, 3.8) is 0 Å². The third-order valence-electron chi connectivity index (χ3n) is 7.93. The van der Waals surface area contributed by atoms with Gasteiger partial charge in [-0.05, 0) is 50.1 Å². The second-order valence-electron chi connectivity index (χ2n) is 10.7. The van der Waals surface area contributed by atoms with Gasteiger partial charge < -0.3 is 10.6 Å². The normalized spacial score (nSPS) is 19.2. The first kappa shape index (κ1) is 31.9. The quantitative estimate of drug-likeness (QED) is 0.245. The Labute approximate surface area is 251 Å². The molecule has 0 spiro atoms. The summed E-state index contributed by atoms with van der Waals surface area (Å²) in [5.74, 6) is -4.30. The molecule has 2 aliphatic rings. The van der Waals surface area contributed by atoms with Crippen LogP contribution in [-0.4, -0.2) is 45.9 Å². The maximum absolute atomic E-state index is 14.6. The Hall–Kier alpha value is -4.53. The lowest BCUT2D eigenvalue weighted by atomic mass is 9.88. The number of fused-ring (bicyclic) bond motifs is 1. The molecule has 15 heteroatoms. The molecule has 2 aliphatic heterocycles. The predicted molar refractivity (Wildman–Crippen MR) is 146 cm³/mol. The Balaban J connectivity index is 1.59. The van der Waals surface area contributed by atoms with E-state index in [0.29, 0.717) is 43.8 Å². The number of hydrogen-bond donors (Lipinski definition) is 2. The summed E-state index contributed by atoms with van der Waals surface area (Å²) in [5.41, 5.74) is -5.00. The molecule has 3 heterocycles. The number of aromatic nitrogens is 1. The summed E-state index contributed by atoms with van der Waals surface area (Å²) in [6.07, 6.45) is -7.31. The summed E-state index contributed by atoms with van der Waals surface area (Å²) in [4.78, 5) is 31.3. The first-order valence-corrected chi connectivity index (χ1v) is 13.6. The highest BCUT2D eigenvalue weighted by atomic mass is 19.4. The summed E-state index contributed by atoms with van der Waals surface area (Å²) >= 11 is 0. The topological polar surface area (TPSA) is 77.6 Å². The minimum Gasteiger partial charge on any atom is -0.389 e. The number of alkyl halides is 6. The van der Waals surface area contributed by atoms with Gasteiger partial charge >= 0.3 is 12.4 Å². The molecule has 5 rings (SSSR count). The van der Waals surface area contributed by atoms with Crippen LogP contribution in [0.4, 0.5) is 40.8 Å². The van der Waals surface area contributed by atoms with Crippen LogP contribution < -0.4 is 10.6 Å². The van der Waals surface area contributed by atoms with Crippen LogP contribution >= 0.6 is 0 Å². The van der Waals surface area contributed by atoms with Crippen LogP contribution in [-0.2, 0) is 28.5 Å². The molecular formula is C30H25F8N5O2. The van der Waals surface area contributed by atoms with Crippen molar-refractivity contribution in [2.24, 2.45) is 0 Å². The number of pyridine rings is 1. The van der Waals surface area contributed by atoms with Gasteiger partial charge in [0.05, 0.1) is 28.9 Å². The Morgan fingerprint density at radius 3 is 2.38 bits per heavy atom. The molecule has 0 radical (unpaired) electrons. The predicted octanol–water partition coefficient (Wildman–Crippen LogP) is 6.29. The standard InChI is InChI=1S/C30H25F8N5O2/c1-28-9-4-10-43(28)42(15-16-5-3-6-21(31)24(16)32)27(45)23(25(28)39-2)26(44)41-22-8-7-18(29(33,34)35)12-20(22)17-11-19(14-40-13-17)30(36,37)38/h3,5-8,11-14,39H,4,9-10,15H2,1-2H3,(H,41,44). The fourth-order valence-corrected chi connectivity index (χ4v) is 5.79. The van der Waals surface area contributed by atoms with Gasteiger partial charge in [-0.1, -0.05) is 12.1 Å². The highest BCUT2D eigenvalue weighted by Crippen LogP contribution is 2.43. The maximum Gasteiger partial charge on any atom is 0.417 e. The molecule has 45 heavy (non-hydrogen) atoms. The van der Waals surface area contributed by atoms with Gasteiger partial charge in [-0.25, -0.2) is 13.8 Å². The third kappa shape index (κ3) is 5.83. The minimum atomic E-state index is -4.87. The molecule has 1 saturated heterocycles. The van der Waals surface area contributed by atoms with Gasteiger partial charge in [0.1, 0.15) is 5.57 Å². The van der Waals surface area contributed by atoms with Crippen LogP contribution in [0.15, 0.2) is 66.1 Å². The average Bonchev–Trinajstić information content (AvgIpc) is 3.37. The van der Waals surface area contributed by atoms with E-state index >= 15 is 0 Å². The van der Waals surface area contributed by atoms with E-state index in [1.54, 1.807) is 11.9 Å². The lowest BCUT2D eigenvalue weighted by Crippen LogP contribution is -2.62. The Bertz CT molecular complexity index is 1700. The van der Waals surface area contributed by atoms with Crippen molar-refractivity contribution in [3.05, 3.63) is 94.5 Å². The largest absolute Gasteiger partial charge is 0.417 e. The van der Waals surface area contributed by atoms with E-state index in [9.17, 15) is 44.7 Å². The van der Waals surface area contributed by atoms with E-state index in [0.717, 1.165) is 23.3 Å². The molecule has 2 N–H and O–H groups in total. The smallest absolute Gasteiger partial charge is 0.389 e. The molecule has 3 aromatic rings. The second kappa shape index (κ2) is 11.4. The number of halogens is 8. The molecular weight excluding hydrogens is 614 g/mol. The van der Waals surface area contributed by atoms with E-state index in [1.807, 2.05) is 0 Å². The summed E-state index contributed by atoms with van der Waals surface area (Å²) in [7, 11) is 1.47. The number of carbonyl (C=O) groups is 2. The Morgan fingerprint density at radius 1 is 1.00 bits per heavy atom. The van der Waals surface area contributed by atoms with Gasteiger partial charge in [-0.2, -0.15) is 26.3 Å². The Morgan fingerprint density at radius 2 is 1.71 bits per heavy atom. The SMILES string of the molecule is CNC1=C(C(=O)Nc2ccc(C(F)(F)F)cc2-c2cncc(C(F)(F)F)c2)C(=O)N(Cc2cccc(F)c2F)N2CCCC12C. The fourth-order valence-electron chi connectivity index (χ4n) is 5.79. The van der Waals surface area contributed by atoms with Gasteiger partial charge in [0.15, 0.2) is 11.6 Å². The molecule has 0 bridgehead atoms. The van der Waals surface area contributed by atoms with E-state index in [4.69, 9.17) is 0 Å². The number of nitrogens with one attached hydrogen (secondary N) is 2. The van der Waals surface area contributed by atoms with E-state index in [2.05, 4.69) is 15.6 Å². The van der Waals surface area contributed by atoms with E-state index < -0.39 is 70.1 Å². The molecule has 1 unspecified atom stereocenters. The monoisotopic (exact) mass is 639 g/mol. The van der Waals surface area contributed by atoms with Crippen LogP contribution in [0.3, 0.4) is 0 Å². The molecule has 1 aromatic heterocycles. The number of likely N-dealkylation sites (N-methyl/N-ethyl adjacent to an activating group) is 1. The lowest BCUT2D eigenvalue weighted by Gasteiger charge is -2.48. The van der Waals surface area contributed by atoms with Crippen LogP contribution in [0.25, 0.3) is 11.1 Å². The van der Waals surface area contributed by atoms with Crippen molar-refractivity contribution < 1.29 is 44.7 Å². The molecule has 0 saturated carbocycles. The highest BCUT2D eigenvalue weighted by Gasteiger charge is 2.52. The molecule has 2 amide bonds. The van der Waals surface area contributed by atoms with E-state index in [1.165, 1.54) is 19.2 Å². The second-order valence-corrected chi connectivity index (χ2v) is 10.7. The Kier molecular flexibility index (Phi) is 8.10. The maximum atomic E-state index is 14.6. The summed E-state index contributed by atoms with van der Waals surface area (Å²) in [5, 5.41) is 8.03. The summed E-state index contributed by atoms with van der Waals surface area (Å²) in [6.45, 7) is 1.64. The average molecular weight is 640 g/mol. The van der Waals surface area contributed by atoms with E-state index in [-0.39, 0.29) is 22.5 Å². The summed E-state index contributed by atoms with van der Waals surface area (Å²) in [6, 6.07) is 6.13. The first-order chi connectivity index (χ1) is 21.1. The lowest BCUT2D eigenvalue weighted by molar-refractivity contribution is -0.158. The highest BCUT2D eigenvalue weighted by molar-refractivity contribution is 6.24. The number of anilines is 1. The van der Waals surface area contributed by atoms with Crippen molar-refractivity contribution in [2.45, 2.75) is 44.2 Å². The molecule has 0 aliphatic carbocycles. The number of benzene rings is 2. The van der Waals surface area contributed by atoms with Gasteiger partial charge in [0.25, 0.3) is 11.8 Å². The van der Waals surface area contributed by atoms with Crippen molar-refractivity contribution in [2.75, 3.05) is 18.9 Å². The van der Waals surface area contributed by atoms with Gasteiger partial charge in [0.2, 0.25) is 0 Å². The number of rotatable bonds is 6. The van der Waals surface area contributed by atoms with Crippen LogP contribution in [0, 0.1) is 11.6 Å². The van der Waals surface area contributed by atoms with Gasteiger partial charge in [-0.15, -0.1) is 0 Å². The van der Waals surface area contributed by atoms with Crippen molar-refractivity contribution in [1.82, 2.24) is 20.3 Å². The first-order valence-electron chi connectivity index (χ1n) is 13.6. The van der Waals surface area contributed by atoms with Crippen molar-refractivity contribution in [3.8, 4) is 11.1 Å². The zero-order valence-electron chi connectivity index (χ0n) is 23.7. The zero-order chi connectivity index (χ0) is 32.9. The van der Waals surface area contributed by atoms with Gasteiger partial charge in [-0.3, -0.25) is 19.6 Å². The van der Waals surface area contributed by atoms with Crippen LogP contribution in [0.2, 0.25) is 0 Å². The fraction of sp³-hybridized carbons (Fsp3) is 0.300. The molecule has 1 fully saturated rings. The van der Waals surface area contributed by atoms with Crippen LogP contribution in [0.1, 0.15) is 36.5 Å². The van der Waals surface area contributed by atoms with Crippen molar-refractivity contribution in [1.29, 1.82) is 0 Å². The number of carbonyl (C=O) groups excluding carboxylic acids is 2. The van der Waals surface area contributed by atoms with Crippen LogP contribution in [0.5, 0.6) is 0 Å².